The van der Waals surface area contributed by atoms with E-state index in [1.807, 2.05) is 30.3 Å². The number of carbonyl (C=O) groups excluding carboxylic acids is 1. The van der Waals surface area contributed by atoms with E-state index in [0.717, 1.165) is 38.1 Å². The first-order chi connectivity index (χ1) is 9.84. The third-order valence-electron chi connectivity index (χ3n) is 3.59. The predicted octanol–water partition coefficient (Wildman–Crippen LogP) is 1.96. The molecule has 4 heteroatoms. The van der Waals surface area contributed by atoms with Crippen molar-refractivity contribution in [2.75, 3.05) is 26.2 Å². The summed E-state index contributed by atoms with van der Waals surface area (Å²) in [5.74, 6) is 1.61. The SMILES string of the molecule is O=C(CC1CCNCC1)NCCCOc1ccccc1. The Kier molecular flexibility index (Phi) is 6.38. The van der Waals surface area contributed by atoms with Gasteiger partial charge in [-0.25, -0.2) is 0 Å². The minimum absolute atomic E-state index is 0.177. The average Bonchev–Trinajstić information content (AvgIpc) is 2.49. The number of rotatable bonds is 7. The van der Waals surface area contributed by atoms with Crippen molar-refractivity contribution in [1.29, 1.82) is 0 Å². The number of piperidine rings is 1. The van der Waals surface area contributed by atoms with Gasteiger partial charge >= 0.3 is 0 Å². The molecule has 2 N–H and O–H groups in total. The summed E-state index contributed by atoms with van der Waals surface area (Å²) in [6.07, 6.45) is 3.74. The molecule has 110 valence electrons. The molecule has 1 heterocycles. The quantitative estimate of drug-likeness (QED) is 0.749. The van der Waals surface area contributed by atoms with Gasteiger partial charge in [0.15, 0.2) is 0 Å². The maximum absolute atomic E-state index is 11.8. The van der Waals surface area contributed by atoms with Crippen LogP contribution in [0, 0.1) is 5.92 Å². The number of nitrogens with one attached hydrogen (secondary N) is 2. The van der Waals surface area contributed by atoms with E-state index in [1.54, 1.807) is 0 Å². The van der Waals surface area contributed by atoms with Crippen molar-refractivity contribution >= 4 is 5.91 Å². The van der Waals surface area contributed by atoms with Gasteiger partial charge in [0.05, 0.1) is 6.61 Å². The summed E-state index contributed by atoms with van der Waals surface area (Å²) in [5.41, 5.74) is 0. The van der Waals surface area contributed by atoms with Crippen molar-refractivity contribution in [3.63, 3.8) is 0 Å². The average molecular weight is 276 g/mol. The summed E-state index contributed by atoms with van der Waals surface area (Å²) in [7, 11) is 0. The van der Waals surface area contributed by atoms with Crippen LogP contribution < -0.4 is 15.4 Å². The van der Waals surface area contributed by atoms with Crippen LogP contribution in [-0.4, -0.2) is 32.1 Å². The molecule has 0 spiro atoms. The third-order valence-corrected chi connectivity index (χ3v) is 3.59. The van der Waals surface area contributed by atoms with Crippen LogP contribution in [0.15, 0.2) is 30.3 Å². The second-order valence-corrected chi connectivity index (χ2v) is 5.26. The molecule has 0 atom stereocenters. The zero-order valence-electron chi connectivity index (χ0n) is 11.9. The van der Waals surface area contributed by atoms with E-state index in [2.05, 4.69) is 10.6 Å². The minimum atomic E-state index is 0.177. The highest BCUT2D eigenvalue weighted by Gasteiger charge is 2.16. The number of hydrogen-bond donors (Lipinski definition) is 2. The lowest BCUT2D eigenvalue weighted by atomic mass is 9.94. The number of ether oxygens (including phenoxy) is 1. The topological polar surface area (TPSA) is 50.4 Å². The molecule has 1 aromatic carbocycles. The molecule has 1 aliphatic rings. The van der Waals surface area contributed by atoms with E-state index in [9.17, 15) is 4.79 Å². The second-order valence-electron chi connectivity index (χ2n) is 5.26. The van der Waals surface area contributed by atoms with E-state index in [-0.39, 0.29) is 5.91 Å². The first kappa shape index (κ1) is 14.9. The van der Waals surface area contributed by atoms with Gasteiger partial charge in [-0.15, -0.1) is 0 Å². The zero-order chi connectivity index (χ0) is 14.0. The van der Waals surface area contributed by atoms with Crippen LogP contribution in [0.4, 0.5) is 0 Å². The van der Waals surface area contributed by atoms with E-state index in [0.29, 0.717) is 25.5 Å². The molecule has 4 nitrogen and oxygen atoms in total. The highest BCUT2D eigenvalue weighted by Crippen LogP contribution is 2.15. The van der Waals surface area contributed by atoms with Crippen molar-refractivity contribution in [2.24, 2.45) is 5.92 Å². The van der Waals surface area contributed by atoms with Gasteiger partial charge in [0, 0.05) is 13.0 Å². The van der Waals surface area contributed by atoms with Crippen molar-refractivity contribution in [2.45, 2.75) is 25.7 Å². The lowest BCUT2D eigenvalue weighted by Gasteiger charge is -2.21. The van der Waals surface area contributed by atoms with Crippen molar-refractivity contribution in [3.05, 3.63) is 30.3 Å². The molecular formula is C16H24N2O2. The fourth-order valence-corrected chi connectivity index (χ4v) is 2.43. The summed E-state index contributed by atoms with van der Waals surface area (Å²) in [6, 6.07) is 9.76. The molecule has 0 saturated carbocycles. The number of hydrogen-bond acceptors (Lipinski definition) is 3. The van der Waals surface area contributed by atoms with Crippen molar-refractivity contribution in [1.82, 2.24) is 10.6 Å². The first-order valence-electron chi connectivity index (χ1n) is 7.50. The molecular weight excluding hydrogens is 252 g/mol. The van der Waals surface area contributed by atoms with Gasteiger partial charge in [-0.1, -0.05) is 18.2 Å². The fourth-order valence-electron chi connectivity index (χ4n) is 2.43. The van der Waals surface area contributed by atoms with Gasteiger partial charge in [-0.2, -0.15) is 0 Å². The zero-order valence-corrected chi connectivity index (χ0v) is 11.9. The molecule has 0 bridgehead atoms. The van der Waals surface area contributed by atoms with Crippen LogP contribution in [-0.2, 0) is 4.79 Å². The molecule has 1 aromatic rings. The molecule has 1 aliphatic heterocycles. The summed E-state index contributed by atoms with van der Waals surface area (Å²) >= 11 is 0. The molecule has 0 aliphatic carbocycles. The third kappa shape index (κ3) is 5.61. The Morgan fingerprint density at radius 1 is 1.25 bits per heavy atom. The highest BCUT2D eigenvalue weighted by atomic mass is 16.5. The van der Waals surface area contributed by atoms with Crippen LogP contribution in [0.1, 0.15) is 25.7 Å². The Labute approximate surface area is 120 Å². The molecule has 0 aromatic heterocycles. The van der Waals surface area contributed by atoms with Crippen LogP contribution in [0.2, 0.25) is 0 Å². The van der Waals surface area contributed by atoms with Crippen molar-refractivity contribution in [3.8, 4) is 5.75 Å². The number of benzene rings is 1. The lowest BCUT2D eigenvalue weighted by molar-refractivity contribution is -0.122. The minimum Gasteiger partial charge on any atom is -0.494 e. The fraction of sp³-hybridized carbons (Fsp3) is 0.562. The predicted molar refractivity (Wildman–Crippen MR) is 79.8 cm³/mol. The van der Waals surface area contributed by atoms with Crippen molar-refractivity contribution < 1.29 is 9.53 Å². The Balaban J connectivity index is 1.51. The van der Waals surface area contributed by atoms with E-state index < -0.39 is 0 Å². The Bertz CT molecular complexity index is 389. The molecule has 1 saturated heterocycles. The first-order valence-corrected chi connectivity index (χ1v) is 7.50. The maximum Gasteiger partial charge on any atom is 0.220 e. The Hall–Kier alpha value is -1.55. The lowest BCUT2D eigenvalue weighted by Crippen LogP contribution is -2.32. The van der Waals surface area contributed by atoms with Gasteiger partial charge in [-0.05, 0) is 50.4 Å². The van der Waals surface area contributed by atoms with Crippen LogP contribution in [0.25, 0.3) is 0 Å². The second kappa shape index (κ2) is 8.59. The van der Waals surface area contributed by atoms with Crippen LogP contribution >= 0.6 is 0 Å². The smallest absolute Gasteiger partial charge is 0.220 e. The molecule has 0 radical (unpaired) electrons. The summed E-state index contributed by atoms with van der Waals surface area (Å²) in [4.78, 5) is 11.8. The van der Waals surface area contributed by atoms with E-state index in [1.165, 1.54) is 0 Å². The normalized spacial score (nSPS) is 15.8. The summed E-state index contributed by atoms with van der Waals surface area (Å²) in [6.45, 7) is 3.42. The van der Waals surface area contributed by atoms with Crippen LogP contribution in [0.5, 0.6) is 5.75 Å². The molecule has 20 heavy (non-hydrogen) atoms. The number of para-hydroxylation sites is 1. The van der Waals surface area contributed by atoms with E-state index in [4.69, 9.17) is 4.74 Å². The Morgan fingerprint density at radius 3 is 2.75 bits per heavy atom. The monoisotopic (exact) mass is 276 g/mol. The van der Waals surface area contributed by atoms with Gasteiger partial charge in [0.1, 0.15) is 5.75 Å². The number of amides is 1. The molecule has 1 amide bonds. The maximum atomic E-state index is 11.8. The van der Waals surface area contributed by atoms with Crippen LogP contribution in [0.3, 0.4) is 0 Å². The summed E-state index contributed by atoms with van der Waals surface area (Å²) in [5, 5.41) is 6.29. The van der Waals surface area contributed by atoms with Gasteiger partial charge in [0.25, 0.3) is 0 Å². The number of carbonyl (C=O) groups is 1. The van der Waals surface area contributed by atoms with Gasteiger partial charge in [-0.3, -0.25) is 4.79 Å². The van der Waals surface area contributed by atoms with E-state index >= 15 is 0 Å². The molecule has 2 rings (SSSR count). The summed E-state index contributed by atoms with van der Waals surface area (Å²) < 4.78 is 5.58. The standard InChI is InChI=1S/C16H24N2O2/c19-16(13-14-7-10-17-11-8-14)18-9-4-12-20-15-5-2-1-3-6-15/h1-3,5-6,14,17H,4,7-13H2,(H,18,19). The molecule has 1 fully saturated rings. The highest BCUT2D eigenvalue weighted by molar-refractivity contribution is 5.76. The van der Waals surface area contributed by atoms with Gasteiger partial charge < -0.3 is 15.4 Å². The Morgan fingerprint density at radius 2 is 2.00 bits per heavy atom. The van der Waals surface area contributed by atoms with Gasteiger partial charge in [0.2, 0.25) is 5.91 Å². The largest absolute Gasteiger partial charge is 0.494 e. The molecule has 0 unspecified atom stereocenters.